The Balaban J connectivity index is 2.39. The second-order valence-corrected chi connectivity index (χ2v) is 3.22. The predicted octanol–water partition coefficient (Wildman–Crippen LogP) is 1.21. The number of carbonyl (C=O) groups is 1. The maximum absolute atomic E-state index is 11.9. The predicted molar refractivity (Wildman–Crippen MR) is 41.0 cm³/mol. The molecule has 0 radical (unpaired) electrons. The van der Waals surface area contributed by atoms with E-state index < -0.39 is 6.67 Å². The summed E-state index contributed by atoms with van der Waals surface area (Å²) in [4.78, 5) is 12.5. The Morgan fingerprint density at radius 3 is 3.00 bits per heavy atom. The lowest BCUT2D eigenvalue weighted by Crippen LogP contribution is -2.39. The van der Waals surface area contributed by atoms with Crippen LogP contribution in [0.5, 0.6) is 0 Å². The van der Waals surface area contributed by atoms with Gasteiger partial charge in [0.25, 0.3) is 5.91 Å². The van der Waals surface area contributed by atoms with Crippen molar-refractivity contribution in [3.63, 3.8) is 0 Å². The summed E-state index contributed by atoms with van der Waals surface area (Å²) in [6.07, 6.45) is 2.18. The molecule has 1 rings (SSSR count). The number of piperidine rings is 1. The first-order valence-electron chi connectivity index (χ1n) is 4.07. The molecular formula is C8H14FNO. The molecule has 1 aliphatic heterocycles. The van der Waals surface area contributed by atoms with E-state index >= 15 is 0 Å². The SMILES string of the molecule is C[C@H]1CCCN(C(=O)CF)C1. The summed E-state index contributed by atoms with van der Waals surface area (Å²) < 4.78 is 11.9. The van der Waals surface area contributed by atoms with Gasteiger partial charge in [-0.3, -0.25) is 4.79 Å². The fraction of sp³-hybridized carbons (Fsp3) is 0.875. The molecule has 0 bridgehead atoms. The molecule has 1 atom stereocenters. The van der Waals surface area contributed by atoms with Crippen molar-refractivity contribution in [2.75, 3.05) is 19.8 Å². The van der Waals surface area contributed by atoms with Gasteiger partial charge in [0.15, 0.2) is 6.67 Å². The van der Waals surface area contributed by atoms with E-state index in [-0.39, 0.29) is 5.91 Å². The number of alkyl halides is 1. The van der Waals surface area contributed by atoms with Gasteiger partial charge < -0.3 is 4.90 Å². The summed E-state index contributed by atoms with van der Waals surface area (Å²) in [5, 5.41) is 0. The molecule has 64 valence electrons. The number of rotatable bonds is 1. The molecule has 0 spiro atoms. The van der Waals surface area contributed by atoms with Crippen LogP contribution in [0, 0.1) is 5.92 Å². The zero-order chi connectivity index (χ0) is 8.27. The van der Waals surface area contributed by atoms with Gasteiger partial charge in [-0.15, -0.1) is 0 Å². The van der Waals surface area contributed by atoms with Crippen LogP contribution in [0.25, 0.3) is 0 Å². The molecule has 11 heavy (non-hydrogen) atoms. The van der Waals surface area contributed by atoms with E-state index in [1.54, 1.807) is 4.90 Å². The molecule has 0 aromatic rings. The van der Waals surface area contributed by atoms with Crippen molar-refractivity contribution >= 4 is 5.91 Å². The van der Waals surface area contributed by atoms with Crippen LogP contribution in [0.4, 0.5) is 4.39 Å². The van der Waals surface area contributed by atoms with Gasteiger partial charge >= 0.3 is 0 Å². The molecule has 1 saturated heterocycles. The van der Waals surface area contributed by atoms with E-state index in [1.165, 1.54) is 0 Å². The molecule has 0 unspecified atom stereocenters. The van der Waals surface area contributed by atoms with Crippen LogP contribution in [0.2, 0.25) is 0 Å². The molecule has 1 heterocycles. The Morgan fingerprint density at radius 2 is 2.45 bits per heavy atom. The third kappa shape index (κ3) is 2.17. The van der Waals surface area contributed by atoms with E-state index in [9.17, 15) is 9.18 Å². The topological polar surface area (TPSA) is 20.3 Å². The molecule has 0 aromatic carbocycles. The van der Waals surface area contributed by atoms with E-state index in [2.05, 4.69) is 6.92 Å². The highest BCUT2D eigenvalue weighted by atomic mass is 19.1. The standard InChI is InChI=1S/C8H14FNO/c1-7-3-2-4-10(6-7)8(11)5-9/h7H,2-6H2,1H3/t7-/m0/s1. The van der Waals surface area contributed by atoms with Gasteiger partial charge in [-0.2, -0.15) is 0 Å². The third-order valence-electron chi connectivity index (χ3n) is 2.12. The van der Waals surface area contributed by atoms with Gasteiger partial charge in [0.2, 0.25) is 0 Å². The summed E-state index contributed by atoms with van der Waals surface area (Å²) in [6, 6.07) is 0. The number of likely N-dealkylation sites (tertiary alicyclic amines) is 1. The Labute approximate surface area is 66.4 Å². The number of amides is 1. The maximum atomic E-state index is 11.9. The molecule has 0 saturated carbocycles. The van der Waals surface area contributed by atoms with Crippen molar-refractivity contribution in [1.29, 1.82) is 0 Å². The highest BCUT2D eigenvalue weighted by Gasteiger charge is 2.19. The number of nitrogens with zero attached hydrogens (tertiary/aromatic N) is 1. The fourth-order valence-corrected chi connectivity index (χ4v) is 1.50. The molecule has 2 nitrogen and oxygen atoms in total. The Kier molecular flexibility index (Phi) is 2.85. The van der Waals surface area contributed by atoms with Crippen molar-refractivity contribution < 1.29 is 9.18 Å². The molecule has 0 N–H and O–H groups in total. The zero-order valence-electron chi connectivity index (χ0n) is 6.85. The fourth-order valence-electron chi connectivity index (χ4n) is 1.50. The summed E-state index contributed by atoms with van der Waals surface area (Å²) in [6.45, 7) is 2.74. The van der Waals surface area contributed by atoms with Crippen LogP contribution < -0.4 is 0 Å². The highest BCUT2D eigenvalue weighted by molar-refractivity contribution is 5.77. The van der Waals surface area contributed by atoms with Crippen molar-refractivity contribution in [3.8, 4) is 0 Å². The first-order chi connectivity index (χ1) is 5.24. The van der Waals surface area contributed by atoms with Gasteiger partial charge in [0, 0.05) is 13.1 Å². The second kappa shape index (κ2) is 3.69. The van der Waals surface area contributed by atoms with Crippen LogP contribution in [-0.2, 0) is 4.79 Å². The molecule has 1 fully saturated rings. The van der Waals surface area contributed by atoms with Crippen LogP contribution in [0.15, 0.2) is 0 Å². The van der Waals surface area contributed by atoms with Gasteiger partial charge in [-0.05, 0) is 18.8 Å². The maximum Gasteiger partial charge on any atom is 0.253 e. The zero-order valence-corrected chi connectivity index (χ0v) is 6.85. The Bertz CT molecular complexity index is 149. The minimum Gasteiger partial charge on any atom is -0.340 e. The quantitative estimate of drug-likeness (QED) is 0.563. The van der Waals surface area contributed by atoms with E-state index in [0.717, 1.165) is 25.9 Å². The lowest BCUT2D eigenvalue weighted by molar-refractivity contribution is -0.133. The van der Waals surface area contributed by atoms with Crippen LogP contribution in [0.1, 0.15) is 19.8 Å². The Hall–Kier alpha value is -0.600. The van der Waals surface area contributed by atoms with Crippen molar-refractivity contribution in [1.82, 2.24) is 4.90 Å². The molecule has 0 aromatic heterocycles. The summed E-state index contributed by atoms with van der Waals surface area (Å²) in [7, 11) is 0. The number of carbonyl (C=O) groups excluding carboxylic acids is 1. The lowest BCUT2D eigenvalue weighted by atomic mass is 10.0. The Morgan fingerprint density at radius 1 is 1.73 bits per heavy atom. The van der Waals surface area contributed by atoms with E-state index in [4.69, 9.17) is 0 Å². The van der Waals surface area contributed by atoms with Gasteiger partial charge in [-0.25, -0.2) is 4.39 Å². The normalized spacial score (nSPS) is 25.3. The van der Waals surface area contributed by atoms with Gasteiger partial charge in [-0.1, -0.05) is 6.92 Å². The van der Waals surface area contributed by atoms with E-state index in [0.29, 0.717) is 5.92 Å². The minimum absolute atomic E-state index is 0.350. The van der Waals surface area contributed by atoms with Crippen LogP contribution in [-0.4, -0.2) is 30.6 Å². The smallest absolute Gasteiger partial charge is 0.253 e. The number of hydrogen-bond acceptors (Lipinski definition) is 1. The average molecular weight is 159 g/mol. The van der Waals surface area contributed by atoms with Crippen molar-refractivity contribution in [2.45, 2.75) is 19.8 Å². The third-order valence-corrected chi connectivity index (χ3v) is 2.12. The van der Waals surface area contributed by atoms with Crippen LogP contribution >= 0.6 is 0 Å². The molecule has 0 aliphatic carbocycles. The molecule has 1 aliphatic rings. The molecular weight excluding hydrogens is 145 g/mol. The number of halogens is 1. The summed E-state index contributed by atoms with van der Waals surface area (Å²) >= 11 is 0. The van der Waals surface area contributed by atoms with Gasteiger partial charge in [0.05, 0.1) is 0 Å². The highest BCUT2D eigenvalue weighted by Crippen LogP contribution is 2.15. The van der Waals surface area contributed by atoms with Gasteiger partial charge in [0.1, 0.15) is 0 Å². The van der Waals surface area contributed by atoms with Crippen LogP contribution in [0.3, 0.4) is 0 Å². The molecule has 3 heteroatoms. The molecule has 1 amide bonds. The van der Waals surface area contributed by atoms with E-state index in [1.807, 2.05) is 0 Å². The summed E-state index contributed by atoms with van der Waals surface area (Å²) in [5.41, 5.74) is 0. The van der Waals surface area contributed by atoms with Crippen molar-refractivity contribution in [2.24, 2.45) is 5.92 Å². The lowest BCUT2D eigenvalue weighted by Gasteiger charge is -2.30. The first kappa shape index (κ1) is 8.50. The largest absolute Gasteiger partial charge is 0.340 e. The second-order valence-electron chi connectivity index (χ2n) is 3.22. The average Bonchev–Trinajstić information content (AvgIpc) is 2.03. The van der Waals surface area contributed by atoms with Crippen molar-refractivity contribution in [3.05, 3.63) is 0 Å². The summed E-state index contributed by atoms with van der Waals surface area (Å²) in [5.74, 6) is 0.191. The monoisotopic (exact) mass is 159 g/mol. The number of hydrogen-bond donors (Lipinski definition) is 0. The minimum atomic E-state index is -0.841. The first-order valence-corrected chi connectivity index (χ1v) is 4.07.